The van der Waals surface area contributed by atoms with Crippen molar-refractivity contribution in [3.8, 4) is 0 Å². The van der Waals surface area contributed by atoms with Crippen molar-refractivity contribution in [2.75, 3.05) is 6.54 Å². The molecule has 0 aromatic carbocycles. The van der Waals surface area contributed by atoms with Gasteiger partial charge in [0.1, 0.15) is 0 Å². The Kier molecular flexibility index (Phi) is 4.04. The molecule has 2 aromatic heterocycles. The average Bonchev–Trinajstić information content (AvgIpc) is 3.12. The molecule has 1 N–H and O–H groups in total. The zero-order valence-electron chi connectivity index (χ0n) is 12.1. The third-order valence-electron chi connectivity index (χ3n) is 4.05. The predicted octanol–water partition coefficient (Wildman–Crippen LogP) is 3.65. The standard InChI is InChI=1S/C15H18ClN3OS/c1-9-15(10(2)18-17-9)12-4-3-7-19(12)14(20)8-11-5-6-13(16)21-11/h5-6,12H,3-4,7-8H2,1-2H3,(H,17,18)/t12-/m0/s1. The normalized spacial score (nSPS) is 18.4. The van der Waals surface area contributed by atoms with E-state index >= 15 is 0 Å². The van der Waals surface area contributed by atoms with Crippen molar-refractivity contribution in [1.29, 1.82) is 0 Å². The molecule has 0 unspecified atom stereocenters. The van der Waals surface area contributed by atoms with Gasteiger partial charge < -0.3 is 4.90 Å². The first-order chi connectivity index (χ1) is 10.1. The first-order valence-electron chi connectivity index (χ1n) is 7.11. The van der Waals surface area contributed by atoms with Crippen LogP contribution in [0.3, 0.4) is 0 Å². The lowest BCUT2D eigenvalue weighted by molar-refractivity contribution is -0.131. The zero-order valence-corrected chi connectivity index (χ0v) is 13.7. The highest BCUT2D eigenvalue weighted by Gasteiger charge is 2.32. The van der Waals surface area contributed by atoms with Crippen molar-refractivity contribution < 1.29 is 4.79 Å². The topological polar surface area (TPSA) is 49.0 Å². The van der Waals surface area contributed by atoms with E-state index in [0.717, 1.165) is 40.0 Å². The third kappa shape index (κ3) is 2.85. The molecule has 3 heterocycles. The number of aromatic amines is 1. The number of carbonyl (C=O) groups excluding carboxylic acids is 1. The van der Waals surface area contributed by atoms with Crippen LogP contribution in [-0.2, 0) is 11.2 Å². The van der Waals surface area contributed by atoms with Crippen LogP contribution in [-0.4, -0.2) is 27.5 Å². The molecule has 0 saturated carbocycles. The summed E-state index contributed by atoms with van der Waals surface area (Å²) < 4.78 is 0.734. The van der Waals surface area contributed by atoms with Crippen LogP contribution in [0.1, 0.15) is 40.7 Å². The summed E-state index contributed by atoms with van der Waals surface area (Å²) in [6, 6.07) is 3.94. The number of amides is 1. The summed E-state index contributed by atoms with van der Waals surface area (Å²) in [5.41, 5.74) is 3.25. The van der Waals surface area contributed by atoms with Crippen LogP contribution < -0.4 is 0 Å². The van der Waals surface area contributed by atoms with Crippen LogP contribution >= 0.6 is 22.9 Å². The largest absolute Gasteiger partial charge is 0.335 e. The number of hydrogen-bond donors (Lipinski definition) is 1. The van der Waals surface area contributed by atoms with Gasteiger partial charge in [-0.25, -0.2) is 0 Å². The van der Waals surface area contributed by atoms with E-state index in [0.29, 0.717) is 6.42 Å². The Bertz CT molecular complexity index is 644. The molecule has 1 saturated heterocycles. The van der Waals surface area contributed by atoms with Gasteiger partial charge in [-0.05, 0) is 38.8 Å². The van der Waals surface area contributed by atoms with Gasteiger partial charge in [-0.15, -0.1) is 11.3 Å². The van der Waals surface area contributed by atoms with E-state index in [-0.39, 0.29) is 11.9 Å². The number of nitrogens with zero attached hydrogens (tertiary/aromatic N) is 2. The minimum Gasteiger partial charge on any atom is -0.335 e. The van der Waals surface area contributed by atoms with Gasteiger partial charge in [-0.3, -0.25) is 9.89 Å². The quantitative estimate of drug-likeness (QED) is 0.937. The number of nitrogens with one attached hydrogen (secondary N) is 1. The molecule has 6 heteroatoms. The van der Waals surface area contributed by atoms with Gasteiger partial charge in [0.15, 0.2) is 0 Å². The van der Waals surface area contributed by atoms with Gasteiger partial charge >= 0.3 is 0 Å². The SMILES string of the molecule is Cc1n[nH]c(C)c1[C@@H]1CCCN1C(=O)Cc1ccc(Cl)s1. The number of aromatic nitrogens is 2. The fraction of sp³-hybridized carbons (Fsp3) is 0.467. The van der Waals surface area contributed by atoms with E-state index in [1.807, 2.05) is 30.9 Å². The first-order valence-corrected chi connectivity index (χ1v) is 8.31. The van der Waals surface area contributed by atoms with Gasteiger partial charge in [0, 0.05) is 22.7 Å². The maximum Gasteiger partial charge on any atom is 0.228 e. The Labute approximate surface area is 133 Å². The lowest BCUT2D eigenvalue weighted by atomic mass is 10.0. The summed E-state index contributed by atoms with van der Waals surface area (Å²) in [4.78, 5) is 15.6. The van der Waals surface area contributed by atoms with E-state index in [9.17, 15) is 4.79 Å². The fourth-order valence-electron chi connectivity index (χ4n) is 3.11. The monoisotopic (exact) mass is 323 g/mol. The van der Waals surface area contributed by atoms with Crippen molar-refractivity contribution in [1.82, 2.24) is 15.1 Å². The zero-order chi connectivity index (χ0) is 15.0. The molecule has 1 aliphatic heterocycles. The molecule has 112 valence electrons. The minimum absolute atomic E-state index is 0.159. The number of halogens is 1. The maximum atomic E-state index is 12.6. The molecule has 3 rings (SSSR count). The van der Waals surface area contributed by atoms with E-state index in [1.54, 1.807) is 0 Å². The molecule has 2 aromatic rings. The third-order valence-corrected chi connectivity index (χ3v) is 5.28. The smallest absolute Gasteiger partial charge is 0.228 e. The second kappa shape index (κ2) is 5.81. The molecule has 0 spiro atoms. The van der Waals surface area contributed by atoms with Crippen molar-refractivity contribution in [3.05, 3.63) is 38.3 Å². The summed E-state index contributed by atoms with van der Waals surface area (Å²) in [7, 11) is 0. The molecular weight excluding hydrogens is 306 g/mol. The molecule has 4 nitrogen and oxygen atoms in total. The van der Waals surface area contributed by atoms with Gasteiger partial charge in [0.05, 0.1) is 22.5 Å². The highest BCUT2D eigenvalue weighted by Crippen LogP contribution is 2.35. The Morgan fingerprint density at radius 3 is 2.95 bits per heavy atom. The van der Waals surface area contributed by atoms with Crippen LogP contribution in [0.25, 0.3) is 0 Å². The van der Waals surface area contributed by atoms with Crippen molar-refractivity contribution in [2.24, 2.45) is 0 Å². The number of carbonyl (C=O) groups is 1. The Morgan fingerprint density at radius 1 is 1.52 bits per heavy atom. The highest BCUT2D eigenvalue weighted by atomic mass is 35.5. The lowest BCUT2D eigenvalue weighted by Gasteiger charge is -2.25. The van der Waals surface area contributed by atoms with Crippen molar-refractivity contribution >= 4 is 28.8 Å². The number of likely N-dealkylation sites (tertiary alicyclic amines) is 1. The second-order valence-electron chi connectivity index (χ2n) is 5.48. The van der Waals surface area contributed by atoms with Crippen molar-refractivity contribution in [3.63, 3.8) is 0 Å². The van der Waals surface area contributed by atoms with E-state index in [2.05, 4.69) is 10.2 Å². The van der Waals surface area contributed by atoms with Crippen LogP contribution in [0.4, 0.5) is 0 Å². The van der Waals surface area contributed by atoms with Gasteiger partial charge in [0.2, 0.25) is 5.91 Å². The lowest BCUT2D eigenvalue weighted by Crippen LogP contribution is -2.32. The molecule has 1 fully saturated rings. The summed E-state index contributed by atoms with van der Waals surface area (Å²) in [6.45, 7) is 4.85. The van der Waals surface area contributed by atoms with Crippen LogP contribution in [0, 0.1) is 13.8 Å². The average molecular weight is 324 g/mol. The number of hydrogen-bond acceptors (Lipinski definition) is 3. The molecule has 1 atom stereocenters. The Morgan fingerprint density at radius 2 is 2.33 bits per heavy atom. The predicted molar refractivity (Wildman–Crippen MR) is 84.8 cm³/mol. The van der Waals surface area contributed by atoms with Crippen LogP contribution in [0.15, 0.2) is 12.1 Å². The van der Waals surface area contributed by atoms with Crippen molar-refractivity contribution in [2.45, 2.75) is 39.2 Å². The number of rotatable bonds is 3. The highest BCUT2D eigenvalue weighted by molar-refractivity contribution is 7.16. The molecule has 0 radical (unpaired) electrons. The van der Waals surface area contributed by atoms with E-state index in [4.69, 9.17) is 11.6 Å². The van der Waals surface area contributed by atoms with E-state index < -0.39 is 0 Å². The summed E-state index contributed by atoms with van der Waals surface area (Å²) in [5.74, 6) is 0.177. The summed E-state index contributed by atoms with van der Waals surface area (Å²) >= 11 is 7.42. The summed E-state index contributed by atoms with van der Waals surface area (Å²) in [5, 5.41) is 7.29. The van der Waals surface area contributed by atoms with Crippen LogP contribution in [0.2, 0.25) is 4.34 Å². The molecule has 0 bridgehead atoms. The Balaban J connectivity index is 1.79. The molecule has 1 amide bonds. The van der Waals surface area contributed by atoms with Gasteiger partial charge in [-0.2, -0.15) is 5.10 Å². The first kappa shape index (κ1) is 14.6. The number of H-pyrrole nitrogens is 1. The molecule has 1 aliphatic rings. The fourth-order valence-corrected chi connectivity index (χ4v) is 4.19. The van der Waals surface area contributed by atoms with Gasteiger partial charge in [0.25, 0.3) is 0 Å². The van der Waals surface area contributed by atoms with Crippen LogP contribution in [0.5, 0.6) is 0 Å². The molecular formula is C15H18ClN3OS. The second-order valence-corrected chi connectivity index (χ2v) is 7.28. The number of aryl methyl sites for hydroxylation is 2. The van der Waals surface area contributed by atoms with E-state index in [1.165, 1.54) is 16.9 Å². The maximum absolute atomic E-state index is 12.6. The number of thiophene rings is 1. The summed E-state index contributed by atoms with van der Waals surface area (Å²) in [6.07, 6.45) is 2.49. The Hall–Kier alpha value is -1.33. The van der Waals surface area contributed by atoms with Gasteiger partial charge in [-0.1, -0.05) is 11.6 Å². The minimum atomic E-state index is 0.159. The molecule has 0 aliphatic carbocycles. The molecule has 21 heavy (non-hydrogen) atoms.